The van der Waals surface area contributed by atoms with Gasteiger partial charge in [0.25, 0.3) is 0 Å². The molecule has 2 atom stereocenters. The number of likely N-dealkylation sites (tertiary alicyclic amines) is 1. The lowest BCUT2D eigenvalue weighted by molar-refractivity contribution is 0.0350. The highest BCUT2D eigenvalue weighted by Crippen LogP contribution is 2.33. The minimum absolute atomic E-state index is 0.0725. The third-order valence-electron chi connectivity index (χ3n) is 5.96. The zero-order valence-electron chi connectivity index (χ0n) is 19.0. The quantitative estimate of drug-likeness (QED) is 0.558. The summed E-state index contributed by atoms with van der Waals surface area (Å²) in [6, 6.07) is 9.77. The number of Topliss-reactive ketones (excluding diaryl/α,β-unsaturated/α-hetero) is 1. The largest absolute Gasteiger partial charge is 0.388 e. The normalized spacial score (nSPS) is 18.7. The topological polar surface area (TPSA) is 86.7 Å². The second-order valence-electron chi connectivity index (χ2n) is 9.42. The van der Waals surface area contributed by atoms with Crippen LogP contribution in [0.15, 0.2) is 42.5 Å². The van der Waals surface area contributed by atoms with E-state index in [9.17, 15) is 27.1 Å². The highest BCUT2D eigenvalue weighted by atomic mass is 32.2. The number of hydrogen-bond donors (Lipinski definition) is 2. The van der Waals surface area contributed by atoms with E-state index in [0.717, 1.165) is 37.8 Å². The van der Waals surface area contributed by atoms with Crippen LogP contribution in [-0.2, 0) is 10.0 Å². The summed E-state index contributed by atoms with van der Waals surface area (Å²) in [6.45, 7) is 5.49. The van der Waals surface area contributed by atoms with Gasteiger partial charge in [-0.1, -0.05) is 19.9 Å². The van der Waals surface area contributed by atoms with E-state index in [4.69, 9.17) is 0 Å². The summed E-state index contributed by atoms with van der Waals surface area (Å²) in [4.78, 5) is 15.3. The van der Waals surface area contributed by atoms with Gasteiger partial charge in [-0.25, -0.2) is 17.2 Å². The Kier molecular flexibility index (Phi) is 7.55. The van der Waals surface area contributed by atoms with Gasteiger partial charge in [0.15, 0.2) is 17.4 Å². The van der Waals surface area contributed by atoms with Crippen molar-refractivity contribution in [3.05, 3.63) is 65.2 Å². The van der Waals surface area contributed by atoms with Gasteiger partial charge in [0, 0.05) is 35.7 Å². The molecule has 0 radical (unpaired) electrons. The average molecular weight is 481 g/mol. The van der Waals surface area contributed by atoms with Gasteiger partial charge in [0.05, 0.1) is 12.4 Å². The Morgan fingerprint density at radius 2 is 1.85 bits per heavy atom. The maximum Gasteiger partial charge on any atom is 0.229 e. The van der Waals surface area contributed by atoms with E-state index in [2.05, 4.69) is 9.62 Å². The van der Waals surface area contributed by atoms with Crippen LogP contribution in [0.1, 0.15) is 48.7 Å². The SMILES string of the molecule is CC(C)(CN1CCCC(C(O)c2ccc(F)c(F)c2)C1)C(=O)c1ccc(NS(C)(=O)=O)cc1. The van der Waals surface area contributed by atoms with Crippen LogP contribution in [0, 0.1) is 23.0 Å². The van der Waals surface area contributed by atoms with E-state index in [1.54, 1.807) is 24.3 Å². The fourth-order valence-corrected chi connectivity index (χ4v) is 4.95. The lowest BCUT2D eigenvalue weighted by Crippen LogP contribution is -2.45. The van der Waals surface area contributed by atoms with Crippen LogP contribution in [0.2, 0.25) is 0 Å². The average Bonchev–Trinajstić information content (AvgIpc) is 2.74. The standard InChI is InChI=1S/C24H30F2N2O4S/c1-24(2,23(30)16-6-9-19(10-7-16)27-33(3,31)32)15-28-12-4-5-18(14-28)22(29)17-8-11-20(25)21(26)13-17/h6-11,13,18,22,27,29H,4-5,12,14-15H2,1-3H3. The molecule has 2 aromatic rings. The molecule has 180 valence electrons. The first-order valence-electron chi connectivity index (χ1n) is 10.8. The molecule has 33 heavy (non-hydrogen) atoms. The molecule has 0 aromatic heterocycles. The number of aliphatic hydroxyl groups excluding tert-OH is 1. The van der Waals surface area contributed by atoms with Crippen LogP contribution in [0.5, 0.6) is 0 Å². The molecular weight excluding hydrogens is 450 g/mol. The van der Waals surface area contributed by atoms with Crippen molar-refractivity contribution in [2.45, 2.75) is 32.8 Å². The predicted octanol–water partition coefficient (Wildman–Crippen LogP) is 3.99. The first-order valence-corrected chi connectivity index (χ1v) is 12.7. The van der Waals surface area contributed by atoms with Gasteiger partial charge in [0.2, 0.25) is 10.0 Å². The fraction of sp³-hybridized carbons (Fsp3) is 0.458. The van der Waals surface area contributed by atoms with E-state index in [1.807, 2.05) is 13.8 Å². The Bertz CT molecular complexity index is 1100. The van der Waals surface area contributed by atoms with Crippen LogP contribution in [0.25, 0.3) is 0 Å². The summed E-state index contributed by atoms with van der Waals surface area (Å²) in [7, 11) is -3.40. The molecule has 0 aliphatic carbocycles. The summed E-state index contributed by atoms with van der Waals surface area (Å²) in [5.41, 5.74) is 0.492. The Balaban J connectivity index is 1.66. The molecule has 1 aliphatic heterocycles. The van der Waals surface area contributed by atoms with Gasteiger partial charge in [-0.3, -0.25) is 9.52 Å². The molecule has 2 unspecified atom stereocenters. The number of anilines is 1. The molecule has 1 aliphatic rings. The molecule has 0 bridgehead atoms. The summed E-state index contributed by atoms with van der Waals surface area (Å²) in [5.74, 6) is -2.16. The van der Waals surface area contributed by atoms with E-state index in [1.165, 1.54) is 6.07 Å². The number of nitrogens with zero attached hydrogens (tertiary/aromatic N) is 1. The van der Waals surface area contributed by atoms with Crippen LogP contribution < -0.4 is 4.72 Å². The monoisotopic (exact) mass is 480 g/mol. The summed E-state index contributed by atoms with van der Waals surface area (Å²) >= 11 is 0. The zero-order valence-corrected chi connectivity index (χ0v) is 19.8. The third kappa shape index (κ3) is 6.59. The minimum Gasteiger partial charge on any atom is -0.388 e. The van der Waals surface area contributed by atoms with Crippen molar-refractivity contribution in [2.24, 2.45) is 11.3 Å². The van der Waals surface area contributed by atoms with Crippen molar-refractivity contribution in [3.63, 3.8) is 0 Å². The van der Waals surface area contributed by atoms with Crippen LogP contribution in [0.4, 0.5) is 14.5 Å². The van der Waals surface area contributed by atoms with Gasteiger partial charge < -0.3 is 10.0 Å². The number of hydrogen-bond acceptors (Lipinski definition) is 5. The number of sulfonamides is 1. The molecule has 2 aromatic carbocycles. The second-order valence-corrected chi connectivity index (χ2v) is 11.2. The fourth-order valence-electron chi connectivity index (χ4n) is 4.39. The second kappa shape index (κ2) is 9.87. The van der Waals surface area contributed by atoms with Crippen molar-refractivity contribution in [1.82, 2.24) is 4.90 Å². The highest BCUT2D eigenvalue weighted by molar-refractivity contribution is 7.92. The van der Waals surface area contributed by atoms with Crippen LogP contribution >= 0.6 is 0 Å². The molecule has 0 saturated carbocycles. The van der Waals surface area contributed by atoms with Gasteiger partial charge in [0.1, 0.15) is 0 Å². The number of aliphatic hydroxyl groups is 1. The first-order chi connectivity index (χ1) is 15.4. The number of piperidine rings is 1. The molecule has 2 N–H and O–H groups in total. The number of carbonyl (C=O) groups excluding carboxylic acids is 1. The number of ketones is 1. The number of nitrogens with one attached hydrogen (secondary N) is 1. The Morgan fingerprint density at radius 3 is 2.45 bits per heavy atom. The Hall–Kier alpha value is -2.36. The number of rotatable bonds is 8. The lowest BCUT2D eigenvalue weighted by Gasteiger charge is -2.39. The molecule has 1 heterocycles. The van der Waals surface area contributed by atoms with Crippen molar-refractivity contribution < 1.29 is 27.1 Å². The lowest BCUT2D eigenvalue weighted by atomic mass is 9.82. The number of halogens is 2. The van der Waals surface area contributed by atoms with Crippen molar-refractivity contribution in [3.8, 4) is 0 Å². The highest BCUT2D eigenvalue weighted by Gasteiger charge is 2.34. The van der Waals surface area contributed by atoms with Crippen molar-refractivity contribution in [1.29, 1.82) is 0 Å². The summed E-state index contributed by atoms with van der Waals surface area (Å²) < 4.78 is 51.9. The molecular formula is C24H30F2N2O4S. The molecule has 3 rings (SSSR count). The molecule has 1 fully saturated rings. The summed E-state index contributed by atoms with van der Waals surface area (Å²) in [6.07, 6.45) is 1.71. The van der Waals surface area contributed by atoms with Gasteiger partial charge in [-0.2, -0.15) is 0 Å². The Labute approximate surface area is 193 Å². The summed E-state index contributed by atoms with van der Waals surface area (Å²) in [5, 5.41) is 10.7. The maximum absolute atomic E-state index is 13.6. The molecule has 6 nitrogen and oxygen atoms in total. The van der Waals surface area contributed by atoms with Gasteiger partial charge >= 0.3 is 0 Å². The van der Waals surface area contributed by atoms with E-state index < -0.39 is 33.2 Å². The minimum atomic E-state index is -3.40. The van der Waals surface area contributed by atoms with Gasteiger partial charge in [-0.15, -0.1) is 0 Å². The zero-order chi connectivity index (χ0) is 24.4. The van der Waals surface area contributed by atoms with Crippen LogP contribution in [0.3, 0.4) is 0 Å². The molecule has 1 saturated heterocycles. The number of carbonyl (C=O) groups is 1. The smallest absolute Gasteiger partial charge is 0.229 e. The predicted molar refractivity (Wildman–Crippen MR) is 124 cm³/mol. The van der Waals surface area contributed by atoms with Crippen molar-refractivity contribution >= 4 is 21.5 Å². The number of benzene rings is 2. The maximum atomic E-state index is 13.6. The van der Waals surface area contributed by atoms with E-state index >= 15 is 0 Å². The third-order valence-corrected chi connectivity index (χ3v) is 6.56. The van der Waals surface area contributed by atoms with Crippen molar-refractivity contribution in [2.75, 3.05) is 30.6 Å². The molecule has 0 amide bonds. The molecule has 0 spiro atoms. The van der Waals surface area contributed by atoms with Crippen LogP contribution in [-0.4, -0.2) is 50.1 Å². The molecule has 9 heteroatoms. The van der Waals surface area contributed by atoms with Gasteiger partial charge in [-0.05, 0) is 61.3 Å². The first kappa shape index (κ1) is 25.3. The van der Waals surface area contributed by atoms with E-state index in [0.29, 0.717) is 29.9 Å². The van der Waals surface area contributed by atoms with E-state index in [-0.39, 0.29) is 11.7 Å². The Morgan fingerprint density at radius 1 is 1.18 bits per heavy atom.